The molecular weight excluding hydrogens is 365 g/mol. The molecule has 0 saturated heterocycles. The lowest BCUT2D eigenvalue weighted by Gasteiger charge is -2.03. The summed E-state index contributed by atoms with van der Waals surface area (Å²) in [6.45, 7) is 0. The number of hydrogen-bond acceptors (Lipinski definition) is 4. The number of aromatic nitrogens is 1. The second-order valence-corrected chi connectivity index (χ2v) is 5.68. The minimum Gasteiger partial charge on any atom is -0.436 e. The number of amides is 2. The van der Waals surface area contributed by atoms with E-state index in [1.807, 2.05) is 0 Å². The number of carbonyl (C=O) groups is 2. The molecule has 3 aromatic rings. The van der Waals surface area contributed by atoms with Crippen LogP contribution in [-0.4, -0.2) is 28.6 Å². The number of fused-ring (bicyclic) bond motifs is 1. The molecule has 0 bridgehead atoms. The number of rotatable bonds is 5. The van der Waals surface area contributed by atoms with Gasteiger partial charge in [0.1, 0.15) is 17.3 Å². The lowest BCUT2D eigenvalue weighted by Crippen LogP contribution is -2.12. The molecule has 0 aliphatic rings. The zero-order valence-electron chi connectivity index (χ0n) is 12.9. The Kier molecular flexibility index (Phi) is 5.21. The summed E-state index contributed by atoms with van der Waals surface area (Å²) in [6, 6.07) is 12.2. The van der Waals surface area contributed by atoms with E-state index >= 15 is 0 Å². The molecule has 0 radical (unpaired) electrons. The molecule has 2 N–H and O–H groups in total. The average Bonchev–Trinajstić information content (AvgIpc) is 3.05. The number of nitrogens with one attached hydrogen (secondary N) is 2. The van der Waals surface area contributed by atoms with Gasteiger partial charge in [0, 0.05) is 23.0 Å². The van der Waals surface area contributed by atoms with Gasteiger partial charge in [-0.25, -0.2) is 4.98 Å². The van der Waals surface area contributed by atoms with Crippen molar-refractivity contribution < 1.29 is 14.0 Å². The molecule has 25 heavy (non-hydrogen) atoms. The van der Waals surface area contributed by atoms with Gasteiger partial charge in [0.05, 0.1) is 0 Å². The van der Waals surface area contributed by atoms with Crippen molar-refractivity contribution in [2.75, 3.05) is 22.4 Å². The Morgan fingerprint density at radius 3 is 2.16 bits per heavy atom. The van der Waals surface area contributed by atoms with Crippen LogP contribution >= 0.6 is 23.2 Å². The summed E-state index contributed by atoms with van der Waals surface area (Å²) in [7, 11) is 0. The zero-order chi connectivity index (χ0) is 17.8. The fraction of sp³-hybridized carbons (Fsp3) is 0.118. The van der Waals surface area contributed by atoms with Gasteiger partial charge in [-0.3, -0.25) is 9.59 Å². The van der Waals surface area contributed by atoms with E-state index in [0.717, 1.165) is 5.56 Å². The number of oxazole rings is 1. The first-order valence-electron chi connectivity index (χ1n) is 7.31. The Labute approximate surface area is 153 Å². The lowest BCUT2D eigenvalue weighted by atomic mass is 10.2. The number of hydrogen-bond donors (Lipinski definition) is 2. The molecule has 0 spiro atoms. The van der Waals surface area contributed by atoms with Crippen LogP contribution in [0.2, 0.25) is 0 Å². The predicted octanol–water partition coefficient (Wildman–Crippen LogP) is 3.85. The number of benzene rings is 2. The monoisotopic (exact) mass is 377 g/mol. The van der Waals surface area contributed by atoms with E-state index in [1.54, 1.807) is 42.5 Å². The highest BCUT2D eigenvalue weighted by Crippen LogP contribution is 2.27. The van der Waals surface area contributed by atoms with Crippen LogP contribution in [0.25, 0.3) is 22.6 Å². The van der Waals surface area contributed by atoms with Crippen LogP contribution < -0.4 is 10.6 Å². The summed E-state index contributed by atoms with van der Waals surface area (Å²) in [5.41, 5.74) is 3.18. The molecule has 0 saturated carbocycles. The summed E-state index contributed by atoms with van der Waals surface area (Å²) in [5, 5.41) is 5.31. The summed E-state index contributed by atoms with van der Waals surface area (Å²) in [5.74, 6) is -0.355. The normalized spacial score (nSPS) is 10.6. The van der Waals surface area contributed by atoms with E-state index < -0.39 is 0 Å². The largest absolute Gasteiger partial charge is 0.436 e. The molecular formula is C17H13Cl2N3O3. The van der Waals surface area contributed by atoms with Crippen LogP contribution in [0.1, 0.15) is 0 Å². The Bertz CT molecular complexity index is 923. The number of nitrogens with zero attached hydrogens (tertiary/aromatic N) is 1. The molecule has 8 heteroatoms. The van der Waals surface area contributed by atoms with Crippen molar-refractivity contribution in [1.29, 1.82) is 0 Å². The quantitative estimate of drug-likeness (QED) is 0.661. The van der Waals surface area contributed by atoms with Crippen molar-refractivity contribution in [3.8, 4) is 11.5 Å². The third-order valence-corrected chi connectivity index (χ3v) is 3.82. The van der Waals surface area contributed by atoms with Crippen molar-refractivity contribution in [3.63, 3.8) is 0 Å². The van der Waals surface area contributed by atoms with E-state index in [-0.39, 0.29) is 23.6 Å². The predicted molar refractivity (Wildman–Crippen MR) is 98.1 cm³/mol. The summed E-state index contributed by atoms with van der Waals surface area (Å²) in [6.07, 6.45) is 0. The number of anilines is 2. The molecule has 0 atom stereocenters. The van der Waals surface area contributed by atoms with Crippen LogP contribution in [-0.2, 0) is 9.59 Å². The van der Waals surface area contributed by atoms with Gasteiger partial charge in [0.15, 0.2) is 5.58 Å². The van der Waals surface area contributed by atoms with Crippen molar-refractivity contribution in [2.24, 2.45) is 0 Å². The van der Waals surface area contributed by atoms with E-state index in [2.05, 4.69) is 15.6 Å². The summed E-state index contributed by atoms with van der Waals surface area (Å²) in [4.78, 5) is 27.0. The van der Waals surface area contributed by atoms with Crippen LogP contribution in [0.3, 0.4) is 0 Å². The minimum atomic E-state index is -0.296. The molecule has 0 aliphatic carbocycles. The van der Waals surface area contributed by atoms with Gasteiger partial charge >= 0.3 is 0 Å². The number of alkyl halides is 2. The van der Waals surface area contributed by atoms with E-state index in [4.69, 9.17) is 27.6 Å². The molecule has 3 rings (SSSR count). The fourth-order valence-corrected chi connectivity index (χ4v) is 2.34. The third kappa shape index (κ3) is 4.10. The van der Waals surface area contributed by atoms with E-state index in [0.29, 0.717) is 28.4 Å². The van der Waals surface area contributed by atoms with Gasteiger partial charge in [-0.05, 0) is 36.4 Å². The maximum atomic E-state index is 11.3. The molecule has 6 nitrogen and oxygen atoms in total. The number of carbonyl (C=O) groups excluding carboxylic acids is 2. The summed E-state index contributed by atoms with van der Waals surface area (Å²) >= 11 is 10.9. The molecule has 2 aromatic carbocycles. The Balaban J connectivity index is 1.83. The van der Waals surface area contributed by atoms with Crippen molar-refractivity contribution >= 4 is 57.5 Å². The highest BCUT2D eigenvalue weighted by molar-refractivity contribution is 6.29. The standard InChI is InChI=1S/C17H13Cl2N3O3/c18-8-15(23)20-11-3-1-10(2-4-11)17-22-13-6-5-12(7-14(13)25-17)21-16(24)9-19/h1-7H,8-9H2,(H,20,23)(H,21,24). The Morgan fingerprint density at radius 1 is 0.920 bits per heavy atom. The smallest absolute Gasteiger partial charge is 0.239 e. The van der Waals surface area contributed by atoms with Gasteiger partial charge in [0.25, 0.3) is 0 Å². The third-order valence-electron chi connectivity index (χ3n) is 3.33. The molecule has 1 aromatic heterocycles. The molecule has 128 valence electrons. The van der Waals surface area contributed by atoms with Crippen molar-refractivity contribution in [1.82, 2.24) is 4.98 Å². The molecule has 0 aliphatic heterocycles. The zero-order valence-corrected chi connectivity index (χ0v) is 14.4. The second-order valence-electron chi connectivity index (χ2n) is 5.14. The maximum absolute atomic E-state index is 11.3. The average molecular weight is 378 g/mol. The first-order chi connectivity index (χ1) is 12.1. The first-order valence-corrected chi connectivity index (χ1v) is 8.38. The van der Waals surface area contributed by atoms with E-state index in [9.17, 15) is 9.59 Å². The Hall–Kier alpha value is -2.57. The minimum absolute atomic E-state index is 0.102. The maximum Gasteiger partial charge on any atom is 0.239 e. The van der Waals surface area contributed by atoms with Gasteiger partial charge in [0.2, 0.25) is 17.7 Å². The topological polar surface area (TPSA) is 84.2 Å². The molecule has 1 heterocycles. The molecule has 0 fully saturated rings. The number of halogens is 2. The van der Waals surface area contributed by atoms with Crippen LogP contribution in [0, 0.1) is 0 Å². The lowest BCUT2D eigenvalue weighted by molar-refractivity contribution is -0.114. The van der Waals surface area contributed by atoms with E-state index in [1.165, 1.54) is 0 Å². The van der Waals surface area contributed by atoms with Gasteiger partial charge in [-0.15, -0.1) is 23.2 Å². The van der Waals surface area contributed by atoms with Crippen molar-refractivity contribution in [3.05, 3.63) is 42.5 Å². The first kappa shape index (κ1) is 17.3. The van der Waals surface area contributed by atoms with Gasteiger partial charge in [-0.1, -0.05) is 0 Å². The SMILES string of the molecule is O=C(CCl)Nc1ccc(-c2nc3ccc(NC(=O)CCl)cc3o2)cc1. The highest BCUT2D eigenvalue weighted by atomic mass is 35.5. The van der Waals surface area contributed by atoms with Crippen LogP contribution in [0.15, 0.2) is 46.9 Å². The molecule has 2 amide bonds. The van der Waals surface area contributed by atoms with Crippen molar-refractivity contribution in [2.45, 2.75) is 0 Å². The van der Waals surface area contributed by atoms with Crippen LogP contribution in [0.4, 0.5) is 11.4 Å². The van der Waals surface area contributed by atoms with Crippen LogP contribution in [0.5, 0.6) is 0 Å². The van der Waals surface area contributed by atoms with Gasteiger partial charge in [-0.2, -0.15) is 0 Å². The Morgan fingerprint density at radius 2 is 1.52 bits per heavy atom. The second kappa shape index (κ2) is 7.55. The fourth-order valence-electron chi connectivity index (χ4n) is 2.21. The highest BCUT2D eigenvalue weighted by Gasteiger charge is 2.10. The van der Waals surface area contributed by atoms with Gasteiger partial charge < -0.3 is 15.1 Å². The summed E-state index contributed by atoms with van der Waals surface area (Å²) < 4.78 is 5.75. The molecule has 0 unspecified atom stereocenters.